The van der Waals surface area contributed by atoms with Crippen LogP contribution in [0.1, 0.15) is 5.56 Å². The van der Waals surface area contributed by atoms with Gasteiger partial charge in [-0.2, -0.15) is 0 Å². The number of hydrogen-bond acceptors (Lipinski definition) is 2. The Kier molecular flexibility index (Phi) is 4.23. The molecule has 0 saturated heterocycles. The summed E-state index contributed by atoms with van der Waals surface area (Å²) in [4.78, 5) is 10.3. The van der Waals surface area contributed by atoms with Crippen molar-refractivity contribution in [1.29, 1.82) is 0 Å². The highest BCUT2D eigenvalue weighted by molar-refractivity contribution is 6.30. The van der Waals surface area contributed by atoms with Crippen molar-refractivity contribution in [3.05, 3.63) is 114 Å². The molecule has 0 aliphatic heterocycles. The van der Waals surface area contributed by atoms with Crippen molar-refractivity contribution >= 4 is 50.2 Å². The summed E-state index contributed by atoms with van der Waals surface area (Å²) < 4.78 is 4.44. The molecule has 0 fully saturated rings. The van der Waals surface area contributed by atoms with Crippen molar-refractivity contribution in [2.45, 2.75) is 6.54 Å². The number of fused-ring (bicyclic) bond motifs is 7. The average molecular weight is 459 g/mol. The molecular weight excluding hydrogens is 440 g/mol. The fourth-order valence-corrected chi connectivity index (χ4v) is 5.07. The van der Waals surface area contributed by atoms with Gasteiger partial charge >= 0.3 is 0 Å². The number of benzene rings is 3. The molecule has 0 radical (unpaired) electrons. The van der Waals surface area contributed by atoms with E-state index in [4.69, 9.17) is 21.6 Å². The van der Waals surface area contributed by atoms with Crippen LogP contribution in [-0.2, 0) is 6.54 Å². The number of nitrogens with zero attached hydrogens (tertiary/aromatic N) is 4. The molecule has 162 valence electrons. The standard InChI is InChI=1S/C29H19ClN4/c30-21-15-13-20(14-16-21)26-28-25(27-29(32-26)33-17-7-6-12-24(33)31-27)22-10-4-5-11-23(22)34(28)18-19-8-2-1-3-9-19/h1-17H,18H2. The van der Waals surface area contributed by atoms with E-state index >= 15 is 0 Å². The molecule has 0 atom stereocenters. The van der Waals surface area contributed by atoms with Gasteiger partial charge in [0.05, 0.1) is 11.2 Å². The summed E-state index contributed by atoms with van der Waals surface area (Å²) in [6, 6.07) is 33.1. The van der Waals surface area contributed by atoms with Crippen LogP contribution in [0.5, 0.6) is 0 Å². The van der Waals surface area contributed by atoms with Crippen molar-refractivity contribution < 1.29 is 0 Å². The van der Waals surface area contributed by atoms with Gasteiger partial charge in [0.2, 0.25) is 0 Å². The Bertz CT molecular complexity index is 1830. The zero-order valence-corrected chi connectivity index (χ0v) is 18.9. The van der Waals surface area contributed by atoms with Gasteiger partial charge in [-0.25, -0.2) is 9.97 Å². The van der Waals surface area contributed by atoms with E-state index in [2.05, 4.69) is 63.6 Å². The Morgan fingerprint density at radius 2 is 1.50 bits per heavy atom. The Labute approximate surface area is 200 Å². The summed E-state index contributed by atoms with van der Waals surface area (Å²) in [5.74, 6) is 0. The van der Waals surface area contributed by atoms with Gasteiger partial charge in [0, 0.05) is 39.6 Å². The monoisotopic (exact) mass is 458 g/mol. The van der Waals surface area contributed by atoms with Crippen molar-refractivity contribution in [2.24, 2.45) is 0 Å². The van der Waals surface area contributed by atoms with Gasteiger partial charge in [0.25, 0.3) is 0 Å². The quantitative estimate of drug-likeness (QED) is 0.277. The maximum Gasteiger partial charge on any atom is 0.165 e. The number of imidazole rings is 1. The second-order valence-corrected chi connectivity index (χ2v) is 8.93. The Morgan fingerprint density at radius 3 is 2.35 bits per heavy atom. The minimum Gasteiger partial charge on any atom is -0.334 e. The first kappa shape index (κ1) is 19.3. The third-order valence-corrected chi connectivity index (χ3v) is 6.71. The summed E-state index contributed by atoms with van der Waals surface area (Å²) in [6.45, 7) is 0.742. The summed E-state index contributed by atoms with van der Waals surface area (Å²) >= 11 is 6.24. The van der Waals surface area contributed by atoms with Crippen LogP contribution in [0, 0.1) is 0 Å². The van der Waals surface area contributed by atoms with Gasteiger partial charge < -0.3 is 4.57 Å². The van der Waals surface area contributed by atoms with Gasteiger partial charge in [-0.1, -0.05) is 78.3 Å². The van der Waals surface area contributed by atoms with Gasteiger partial charge in [-0.3, -0.25) is 4.40 Å². The topological polar surface area (TPSA) is 35.1 Å². The molecule has 0 saturated carbocycles. The zero-order valence-electron chi connectivity index (χ0n) is 18.2. The predicted molar refractivity (Wildman–Crippen MR) is 139 cm³/mol. The number of para-hydroxylation sites is 1. The lowest BCUT2D eigenvalue weighted by Gasteiger charge is -2.12. The molecular formula is C29H19ClN4. The Morgan fingerprint density at radius 1 is 0.735 bits per heavy atom. The SMILES string of the molecule is Clc1ccc(-c2nc3c(nc4ccccn43)c3c4ccccc4n(Cc4ccccc4)c23)cc1. The lowest BCUT2D eigenvalue weighted by atomic mass is 10.1. The highest BCUT2D eigenvalue weighted by Crippen LogP contribution is 2.39. The van der Waals surface area contributed by atoms with Gasteiger partial charge in [0.15, 0.2) is 5.65 Å². The number of pyridine rings is 2. The number of aromatic nitrogens is 4. The highest BCUT2D eigenvalue weighted by Gasteiger charge is 2.22. The van der Waals surface area contributed by atoms with Crippen LogP contribution in [0.25, 0.3) is 49.9 Å². The third-order valence-electron chi connectivity index (χ3n) is 6.46. The van der Waals surface area contributed by atoms with Crippen LogP contribution < -0.4 is 0 Å². The minimum atomic E-state index is 0.709. The maximum absolute atomic E-state index is 6.24. The molecule has 4 nitrogen and oxygen atoms in total. The molecule has 4 heterocycles. The first-order valence-electron chi connectivity index (χ1n) is 11.3. The minimum absolute atomic E-state index is 0.709. The molecule has 0 N–H and O–H groups in total. The lowest BCUT2D eigenvalue weighted by Crippen LogP contribution is -2.02. The van der Waals surface area contributed by atoms with Crippen LogP contribution in [-0.4, -0.2) is 18.9 Å². The largest absolute Gasteiger partial charge is 0.334 e. The van der Waals surface area contributed by atoms with Crippen molar-refractivity contribution in [1.82, 2.24) is 18.9 Å². The fourth-order valence-electron chi connectivity index (χ4n) is 4.94. The smallest absolute Gasteiger partial charge is 0.165 e. The first-order valence-corrected chi connectivity index (χ1v) is 11.6. The van der Waals surface area contributed by atoms with E-state index < -0.39 is 0 Å². The second kappa shape index (κ2) is 7.44. The third kappa shape index (κ3) is 2.86. The highest BCUT2D eigenvalue weighted by atomic mass is 35.5. The van der Waals surface area contributed by atoms with Crippen LogP contribution >= 0.6 is 11.6 Å². The molecule has 0 unspecified atom stereocenters. The fraction of sp³-hybridized carbons (Fsp3) is 0.0345. The van der Waals surface area contributed by atoms with E-state index in [1.54, 1.807) is 0 Å². The molecule has 0 amide bonds. The number of rotatable bonds is 3. The molecule has 4 aromatic heterocycles. The van der Waals surface area contributed by atoms with Crippen LogP contribution in [0.3, 0.4) is 0 Å². The van der Waals surface area contributed by atoms with Crippen LogP contribution in [0.4, 0.5) is 0 Å². The summed E-state index contributed by atoms with van der Waals surface area (Å²) in [5.41, 5.74) is 8.11. The molecule has 5 heteroatoms. The Balaban J connectivity index is 1.69. The van der Waals surface area contributed by atoms with Gasteiger partial charge in [0.1, 0.15) is 11.2 Å². The predicted octanol–water partition coefficient (Wildman–Crippen LogP) is 7.36. The van der Waals surface area contributed by atoms with E-state index in [9.17, 15) is 0 Å². The van der Waals surface area contributed by atoms with E-state index in [1.807, 2.05) is 48.7 Å². The molecule has 34 heavy (non-hydrogen) atoms. The van der Waals surface area contributed by atoms with Crippen LogP contribution in [0.15, 0.2) is 103 Å². The van der Waals surface area contributed by atoms with Gasteiger partial charge in [-0.15, -0.1) is 0 Å². The molecule has 0 spiro atoms. The van der Waals surface area contributed by atoms with Gasteiger partial charge in [-0.05, 0) is 35.9 Å². The molecule has 7 aromatic rings. The van der Waals surface area contributed by atoms with Crippen molar-refractivity contribution in [3.63, 3.8) is 0 Å². The van der Waals surface area contributed by atoms with Crippen LogP contribution in [0.2, 0.25) is 5.02 Å². The summed E-state index contributed by atoms with van der Waals surface area (Å²) in [6.07, 6.45) is 2.03. The van der Waals surface area contributed by atoms with E-state index in [0.29, 0.717) is 5.02 Å². The maximum atomic E-state index is 6.24. The average Bonchev–Trinajstić information content (AvgIpc) is 3.41. The Hall–Kier alpha value is -4.15. The molecule has 0 bridgehead atoms. The van der Waals surface area contributed by atoms with Crippen molar-refractivity contribution in [3.8, 4) is 11.3 Å². The number of hydrogen-bond donors (Lipinski definition) is 0. The lowest BCUT2D eigenvalue weighted by molar-refractivity contribution is 0.868. The van der Waals surface area contributed by atoms with E-state index in [0.717, 1.165) is 45.5 Å². The molecule has 7 rings (SSSR count). The number of halogens is 1. The van der Waals surface area contributed by atoms with Crippen molar-refractivity contribution in [2.75, 3.05) is 0 Å². The summed E-state index contributed by atoms with van der Waals surface area (Å²) in [7, 11) is 0. The molecule has 0 aliphatic rings. The van der Waals surface area contributed by atoms with E-state index in [-0.39, 0.29) is 0 Å². The zero-order chi connectivity index (χ0) is 22.6. The second-order valence-electron chi connectivity index (χ2n) is 8.49. The molecule has 3 aromatic carbocycles. The summed E-state index contributed by atoms with van der Waals surface area (Å²) in [5, 5.41) is 3.02. The molecule has 0 aliphatic carbocycles. The van der Waals surface area contributed by atoms with E-state index in [1.165, 1.54) is 16.5 Å². The normalized spacial score (nSPS) is 11.8. The first-order chi connectivity index (χ1) is 16.8.